The smallest absolute Gasteiger partial charge is 0.0918 e. The van der Waals surface area contributed by atoms with Gasteiger partial charge in [-0.2, -0.15) is 0 Å². The molecule has 0 aromatic carbocycles. The first-order valence-corrected chi connectivity index (χ1v) is 7.65. The number of hydrogen-bond donors (Lipinski definition) is 0. The Morgan fingerprint density at radius 1 is 1.35 bits per heavy atom. The summed E-state index contributed by atoms with van der Waals surface area (Å²) in [6.45, 7) is 8.35. The summed E-state index contributed by atoms with van der Waals surface area (Å²) in [6.07, 6.45) is 9.84. The lowest BCUT2D eigenvalue weighted by molar-refractivity contribution is -0.297. The topological polar surface area (TPSA) is 52.7 Å². The number of carboxylic acids is 1. The Kier molecular flexibility index (Phi) is 6.47. The summed E-state index contributed by atoms with van der Waals surface area (Å²) in [6, 6.07) is 0. The molecule has 1 fully saturated rings. The van der Waals surface area contributed by atoms with E-state index in [2.05, 4.69) is 26.8 Å². The van der Waals surface area contributed by atoms with Crippen molar-refractivity contribution >= 4 is 5.97 Å². The van der Waals surface area contributed by atoms with Crippen molar-refractivity contribution in [1.29, 1.82) is 0 Å². The van der Waals surface area contributed by atoms with Crippen molar-refractivity contribution in [2.75, 3.05) is 0 Å². The van der Waals surface area contributed by atoms with Crippen molar-refractivity contribution < 1.29 is 14.6 Å². The molecule has 1 rings (SSSR count). The van der Waals surface area contributed by atoms with Crippen LogP contribution in [0.4, 0.5) is 0 Å². The maximum absolute atomic E-state index is 10.4. The molecule has 0 aromatic heterocycles. The van der Waals surface area contributed by atoms with Crippen molar-refractivity contribution in [2.24, 2.45) is 0 Å². The Balaban J connectivity index is 2.32. The molecule has 2 atom stereocenters. The lowest BCUT2D eigenvalue weighted by atomic mass is 9.97. The molecule has 0 radical (unpaired) electrons. The predicted octanol–water partition coefficient (Wildman–Crippen LogP) is 3.15. The van der Waals surface area contributed by atoms with E-state index in [4.69, 9.17) is 4.74 Å². The Labute approximate surface area is 122 Å². The van der Waals surface area contributed by atoms with E-state index in [1.165, 1.54) is 11.6 Å². The highest BCUT2D eigenvalue weighted by molar-refractivity contribution is 5.78. The molecule has 114 valence electrons. The third kappa shape index (κ3) is 5.49. The zero-order valence-electron chi connectivity index (χ0n) is 13.2. The first kappa shape index (κ1) is 17.0. The number of epoxide rings is 1. The number of carbonyl (C=O) groups is 1. The first-order chi connectivity index (χ1) is 9.41. The van der Waals surface area contributed by atoms with Gasteiger partial charge in [0.1, 0.15) is 0 Å². The Morgan fingerprint density at radius 2 is 2.05 bits per heavy atom. The van der Waals surface area contributed by atoms with Crippen LogP contribution in [0.1, 0.15) is 66.2 Å². The Morgan fingerprint density at radius 3 is 2.55 bits per heavy atom. The molecule has 1 aliphatic rings. The molecule has 0 amide bonds. The molecule has 0 N–H and O–H groups in total. The van der Waals surface area contributed by atoms with E-state index >= 15 is 0 Å². The highest BCUT2D eigenvalue weighted by atomic mass is 16.6. The van der Waals surface area contributed by atoms with Gasteiger partial charge in [-0.1, -0.05) is 31.1 Å². The van der Waals surface area contributed by atoms with Gasteiger partial charge in [-0.3, -0.25) is 0 Å². The number of aliphatic carboxylic acids is 1. The molecular weight excluding hydrogens is 252 g/mol. The third-order valence-corrected chi connectivity index (χ3v) is 4.26. The molecule has 3 nitrogen and oxygen atoms in total. The largest absolute Gasteiger partial charge is 0.545 e. The summed E-state index contributed by atoms with van der Waals surface area (Å²) in [7, 11) is 0. The summed E-state index contributed by atoms with van der Waals surface area (Å²) >= 11 is 0. The van der Waals surface area contributed by atoms with E-state index in [1.807, 2.05) is 6.92 Å². The van der Waals surface area contributed by atoms with Crippen LogP contribution in [0.5, 0.6) is 0 Å². The van der Waals surface area contributed by atoms with Crippen LogP contribution in [0.2, 0.25) is 0 Å². The van der Waals surface area contributed by atoms with E-state index in [-0.39, 0.29) is 5.60 Å². The van der Waals surface area contributed by atoms with Crippen LogP contribution < -0.4 is 5.11 Å². The average Bonchev–Trinajstić information content (AvgIpc) is 3.04. The molecule has 0 aromatic rings. The first-order valence-electron chi connectivity index (χ1n) is 7.65. The van der Waals surface area contributed by atoms with Gasteiger partial charge in [0.25, 0.3) is 0 Å². The zero-order valence-corrected chi connectivity index (χ0v) is 13.2. The van der Waals surface area contributed by atoms with Gasteiger partial charge in [0.05, 0.1) is 17.7 Å². The van der Waals surface area contributed by atoms with Crippen LogP contribution in [0, 0.1) is 0 Å². The van der Waals surface area contributed by atoms with E-state index in [0.29, 0.717) is 6.10 Å². The number of hydrogen-bond acceptors (Lipinski definition) is 3. The molecular formula is C17H27O3-. The normalized spacial score (nSPS) is 26.7. The van der Waals surface area contributed by atoms with Crippen LogP contribution in [0.3, 0.4) is 0 Å². The maximum atomic E-state index is 10.4. The quantitative estimate of drug-likeness (QED) is 0.370. The number of ether oxygens (including phenoxy) is 1. The summed E-state index contributed by atoms with van der Waals surface area (Å²) in [4.78, 5) is 10.4. The Hall–Kier alpha value is -1.09. The van der Waals surface area contributed by atoms with Gasteiger partial charge in [0.2, 0.25) is 0 Å². The van der Waals surface area contributed by atoms with Crippen molar-refractivity contribution in [3.8, 4) is 0 Å². The fraction of sp³-hybridized carbons (Fsp3) is 0.706. The molecule has 0 bridgehead atoms. The van der Waals surface area contributed by atoms with Gasteiger partial charge in [0.15, 0.2) is 0 Å². The van der Waals surface area contributed by atoms with Crippen LogP contribution in [0.15, 0.2) is 23.3 Å². The second-order valence-corrected chi connectivity index (χ2v) is 5.88. The second-order valence-electron chi connectivity index (χ2n) is 5.88. The standard InChI is InChI=1S/C17H28O3/c1-5-14(9-7-8-13(3)12-16(18)19)10-11-15-17(4,6-2)20-15/h9,12,15H,5-8,10-11H2,1-4H3,(H,18,19)/p-1/b13-12+,14-9+/t15-,17+/m1/s1. The van der Waals surface area contributed by atoms with Gasteiger partial charge in [0, 0.05) is 0 Å². The molecule has 1 aliphatic heterocycles. The molecule has 20 heavy (non-hydrogen) atoms. The van der Waals surface area contributed by atoms with Gasteiger partial charge in [-0.15, -0.1) is 0 Å². The van der Waals surface area contributed by atoms with E-state index in [9.17, 15) is 9.90 Å². The van der Waals surface area contributed by atoms with Crippen LogP contribution in [0.25, 0.3) is 0 Å². The molecule has 0 spiro atoms. The highest BCUT2D eigenvalue weighted by Crippen LogP contribution is 2.42. The van der Waals surface area contributed by atoms with E-state index in [0.717, 1.165) is 44.1 Å². The van der Waals surface area contributed by atoms with Crippen LogP contribution in [-0.2, 0) is 9.53 Å². The van der Waals surface area contributed by atoms with Crippen molar-refractivity contribution in [2.45, 2.75) is 77.9 Å². The summed E-state index contributed by atoms with van der Waals surface area (Å²) < 4.78 is 5.73. The SMILES string of the molecule is CC/C(=C\CC/C(C)=C/C(=O)[O-])CC[C@H]1O[C@@]1(C)CC. The monoisotopic (exact) mass is 279 g/mol. The highest BCUT2D eigenvalue weighted by Gasteiger charge is 2.49. The molecule has 1 heterocycles. The number of carbonyl (C=O) groups excluding carboxylic acids is 1. The van der Waals surface area contributed by atoms with Crippen LogP contribution in [-0.4, -0.2) is 17.7 Å². The Bertz CT molecular complexity index is 395. The summed E-state index contributed by atoms with van der Waals surface area (Å²) in [5.74, 6) is -1.10. The molecule has 3 heteroatoms. The minimum atomic E-state index is -1.10. The van der Waals surface area contributed by atoms with Crippen molar-refractivity contribution in [3.63, 3.8) is 0 Å². The van der Waals surface area contributed by atoms with E-state index < -0.39 is 5.97 Å². The minimum Gasteiger partial charge on any atom is -0.545 e. The fourth-order valence-corrected chi connectivity index (χ4v) is 2.48. The van der Waals surface area contributed by atoms with Gasteiger partial charge in [-0.25, -0.2) is 0 Å². The molecule has 0 unspecified atom stereocenters. The molecule has 1 saturated heterocycles. The summed E-state index contributed by atoms with van der Waals surface area (Å²) in [5.41, 5.74) is 2.42. The summed E-state index contributed by atoms with van der Waals surface area (Å²) in [5, 5.41) is 10.4. The van der Waals surface area contributed by atoms with Crippen molar-refractivity contribution in [1.82, 2.24) is 0 Å². The molecule has 0 saturated carbocycles. The van der Waals surface area contributed by atoms with Gasteiger partial charge >= 0.3 is 0 Å². The molecule has 0 aliphatic carbocycles. The number of allylic oxidation sites excluding steroid dienone is 3. The zero-order chi connectivity index (χ0) is 15.2. The maximum Gasteiger partial charge on any atom is 0.0918 e. The average molecular weight is 279 g/mol. The van der Waals surface area contributed by atoms with Gasteiger partial charge in [-0.05, 0) is 58.4 Å². The van der Waals surface area contributed by atoms with E-state index in [1.54, 1.807) is 0 Å². The van der Waals surface area contributed by atoms with Crippen LogP contribution >= 0.6 is 0 Å². The number of carboxylic acid groups (broad SMARTS) is 1. The lowest BCUT2D eigenvalue weighted by Crippen LogP contribution is -2.19. The fourth-order valence-electron chi connectivity index (χ4n) is 2.48. The van der Waals surface area contributed by atoms with Crippen molar-refractivity contribution in [3.05, 3.63) is 23.3 Å². The minimum absolute atomic E-state index is 0.118. The van der Waals surface area contributed by atoms with Gasteiger partial charge < -0.3 is 14.6 Å². The lowest BCUT2D eigenvalue weighted by Gasteiger charge is -2.06. The second kappa shape index (κ2) is 7.63. The third-order valence-electron chi connectivity index (χ3n) is 4.26. The predicted molar refractivity (Wildman–Crippen MR) is 79.2 cm³/mol. The number of rotatable bonds is 9.